The van der Waals surface area contributed by atoms with E-state index < -0.39 is 0 Å². The van der Waals surface area contributed by atoms with E-state index >= 15 is 0 Å². The second-order valence-corrected chi connectivity index (χ2v) is 6.14. The molecule has 17 heavy (non-hydrogen) atoms. The summed E-state index contributed by atoms with van der Waals surface area (Å²) in [6, 6.07) is 2.02. The standard InChI is InChI=1S/C12H14BrNO2S/c1-2-3-8-9(5-11(15)14-12(8)16)10-4-7(13)6-17-10/h4,6,8-9H,2-3,5H2,1H3,(H,14,15,16). The van der Waals surface area contributed by atoms with Gasteiger partial charge in [-0.2, -0.15) is 0 Å². The second-order valence-electron chi connectivity index (χ2n) is 4.29. The van der Waals surface area contributed by atoms with Gasteiger partial charge in [0.25, 0.3) is 0 Å². The molecule has 2 rings (SSSR count). The van der Waals surface area contributed by atoms with Gasteiger partial charge in [0, 0.05) is 33.0 Å². The number of carbonyl (C=O) groups excluding carboxylic acids is 2. The van der Waals surface area contributed by atoms with Gasteiger partial charge in [0.2, 0.25) is 11.8 Å². The summed E-state index contributed by atoms with van der Waals surface area (Å²) in [5, 5.41) is 4.43. The summed E-state index contributed by atoms with van der Waals surface area (Å²) in [5.41, 5.74) is 0. The molecule has 0 aromatic carbocycles. The normalized spacial score (nSPS) is 24.8. The van der Waals surface area contributed by atoms with Crippen LogP contribution in [0.4, 0.5) is 0 Å². The highest BCUT2D eigenvalue weighted by Crippen LogP contribution is 2.38. The molecule has 3 nitrogen and oxygen atoms in total. The van der Waals surface area contributed by atoms with Crippen LogP contribution in [0.15, 0.2) is 15.9 Å². The number of imide groups is 1. The Kier molecular flexibility index (Phi) is 3.99. The number of hydrogen-bond acceptors (Lipinski definition) is 3. The average Bonchev–Trinajstić information content (AvgIpc) is 2.68. The van der Waals surface area contributed by atoms with Gasteiger partial charge in [-0.1, -0.05) is 13.3 Å². The topological polar surface area (TPSA) is 46.2 Å². The summed E-state index contributed by atoms with van der Waals surface area (Å²) < 4.78 is 1.02. The van der Waals surface area contributed by atoms with E-state index in [1.807, 2.05) is 11.4 Å². The van der Waals surface area contributed by atoms with Gasteiger partial charge in [-0.3, -0.25) is 14.9 Å². The first-order valence-corrected chi connectivity index (χ1v) is 7.36. The van der Waals surface area contributed by atoms with Crippen LogP contribution in [0.5, 0.6) is 0 Å². The molecule has 1 aromatic rings. The van der Waals surface area contributed by atoms with Crippen LogP contribution in [0.25, 0.3) is 0 Å². The lowest BCUT2D eigenvalue weighted by Crippen LogP contribution is -2.44. The minimum atomic E-state index is -0.156. The van der Waals surface area contributed by atoms with Gasteiger partial charge in [0.15, 0.2) is 0 Å². The summed E-state index contributed by atoms with van der Waals surface area (Å²) in [7, 11) is 0. The summed E-state index contributed by atoms with van der Waals surface area (Å²) in [6.07, 6.45) is 2.21. The second kappa shape index (κ2) is 5.31. The molecule has 0 aliphatic carbocycles. The molecule has 0 bridgehead atoms. The third-order valence-corrected chi connectivity index (χ3v) is 4.87. The maximum atomic E-state index is 11.8. The molecule has 1 N–H and O–H groups in total. The zero-order valence-corrected chi connectivity index (χ0v) is 11.9. The predicted octanol–water partition coefficient (Wildman–Crippen LogP) is 3.06. The molecule has 2 atom stereocenters. The lowest BCUT2D eigenvalue weighted by molar-refractivity contribution is -0.137. The van der Waals surface area contributed by atoms with Crippen LogP contribution in [-0.2, 0) is 9.59 Å². The molecule has 1 aliphatic heterocycles. The number of thiophene rings is 1. The molecule has 1 aliphatic rings. The Morgan fingerprint density at radius 1 is 1.53 bits per heavy atom. The SMILES string of the molecule is CCCC1C(=O)NC(=O)CC1c1cc(Br)cs1. The van der Waals surface area contributed by atoms with Crippen molar-refractivity contribution in [2.75, 3.05) is 0 Å². The average molecular weight is 316 g/mol. The van der Waals surface area contributed by atoms with E-state index in [9.17, 15) is 9.59 Å². The number of nitrogens with one attached hydrogen (secondary N) is 1. The molecule has 0 radical (unpaired) electrons. The van der Waals surface area contributed by atoms with Crippen molar-refractivity contribution in [2.24, 2.45) is 5.92 Å². The molecule has 2 amide bonds. The van der Waals surface area contributed by atoms with Gasteiger partial charge < -0.3 is 0 Å². The Balaban J connectivity index is 2.26. The van der Waals surface area contributed by atoms with Crippen LogP contribution in [0.3, 0.4) is 0 Å². The summed E-state index contributed by atoms with van der Waals surface area (Å²) in [6.45, 7) is 2.06. The van der Waals surface area contributed by atoms with Crippen molar-refractivity contribution in [2.45, 2.75) is 32.1 Å². The molecule has 5 heteroatoms. The summed E-state index contributed by atoms with van der Waals surface area (Å²) >= 11 is 5.02. The van der Waals surface area contributed by atoms with Crippen LogP contribution in [0.1, 0.15) is 37.0 Å². The molecule has 92 valence electrons. The quantitative estimate of drug-likeness (QED) is 0.871. The maximum absolute atomic E-state index is 11.8. The summed E-state index contributed by atoms with van der Waals surface area (Å²) in [5.74, 6) is -0.287. The van der Waals surface area contributed by atoms with Crippen molar-refractivity contribution in [3.63, 3.8) is 0 Å². The van der Waals surface area contributed by atoms with Gasteiger partial charge in [-0.25, -0.2) is 0 Å². The highest BCUT2D eigenvalue weighted by atomic mass is 79.9. The first-order valence-electron chi connectivity index (χ1n) is 5.69. The molecule has 0 spiro atoms. The van der Waals surface area contributed by atoms with Crippen molar-refractivity contribution < 1.29 is 9.59 Å². The van der Waals surface area contributed by atoms with Gasteiger partial charge in [-0.15, -0.1) is 11.3 Å². The minimum absolute atomic E-state index is 0.0486. The van der Waals surface area contributed by atoms with Gasteiger partial charge >= 0.3 is 0 Å². The monoisotopic (exact) mass is 315 g/mol. The van der Waals surface area contributed by atoms with Crippen molar-refractivity contribution in [3.05, 3.63) is 20.8 Å². The van der Waals surface area contributed by atoms with Crippen molar-refractivity contribution in [3.8, 4) is 0 Å². The predicted molar refractivity (Wildman–Crippen MR) is 70.9 cm³/mol. The van der Waals surface area contributed by atoms with Crippen molar-refractivity contribution in [1.82, 2.24) is 5.32 Å². The van der Waals surface area contributed by atoms with E-state index in [2.05, 4.69) is 28.2 Å². The van der Waals surface area contributed by atoms with E-state index in [0.29, 0.717) is 6.42 Å². The molecular formula is C12H14BrNO2S. The number of halogens is 1. The van der Waals surface area contributed by atoms with Crippen LogP contribution in [-0.4, -0.2) is 11.8 Å². The Bertz CT molecular complexity index is 443. The van der Waals surface area contributed by atoms with Crippen LogP contribution in [0, 0.1) is 5.92 Å². The van der Waals surface area contributed by atoms with Gasteiger partial charge in [0.1, 0.15) is 0 Å². The van der Waals surface area contributed by atoms with Crippen molar-refractivity contribution >= 4 is 39.1 Å². The fourth-order valence-corrected chi connectivity index (χ4v) is 3.88. The van der Waals surface area contributed by atoms with E-state index in [1.165, 1.54) is 0 Å². The largest absolute Gasteiger partial charge is 0.296 e. The van der Waals surface area contributed by atoms with Crippen LogP contribution >= 0.6 is 27.3 Å². The van der Waals surface area contributed by atoms with E-state index in [-0.39, 0.29) is 23.7 Å². The molecule has 1 fully saturated rings. The fourth-order valence-electron chi connectivity index (χ4n) is 2.27. The van der Waals surface area contributed by atoms with E-state index in [4.69, 9.17) is 0 Å². The lowest BCUT2D eigenvalue weighted by Gasteiger charge is -2.29. The van der Waals surface area contributed by atoms with Crippen LogP contribution in [0.2, 0.25) is 0 Å². The smallest absolute Gasteiger partial charge is 0.230 e. The fraction of sp³-hybridized carbons (Fsp3) is 0.500. The number of carbonyl (C=O) groups is 2. The van der Waals surface area contributed by atoms with E-state index in [0.717, 1.165) is 22.2 Å². The highest BCUT2D eigenvalue weighted by molar-refractivity contribution is 9.10. The Morgan fingerprint density at radius 3 is 2.88 bits per heavy atom. The zero-order valence-electron chi connectivity index (χ0n) is 9.53. The maximum Gasteiger partial charge on any atom is 0.230 e. The molecule has 2 unspecified atom stereocenters. The van der Waals surface area contributed by atoms with Crippen molar-refractivity contribution in [1.29, 1.82) is 0 Å². The first-order chi connectivity index (χ1) is 8.11. The summed E-state index contributed by atoms with van der Waals surface area (Å²) in [4.78, 5) is 24.4. The number of piperidine rings is 1. The number of rotatable bonds is 3. The Labute approximate surface area is 113 Å². The molecule has 1 aromatic heterocycles. The first kappa shape index (κ1) is 12.8. The minimum Gasteiger partial charge on any atom is -0.296 e. The third kappa shape index (κ3) is 2.77. The van der Waals surface area contributed by atoms with Crippen LogP contribution < -0.4 is 5.32 Å². The zero-order chi connectivity index (χ0) is 12.4. The highest BCUT2D eigenvalue weighted by Gasteiger charge is 2.36. The van der Waals surface area contributed by atoms with E-state index in [1.54, 1.807) is 11.3 Å². The Morgan fingerprint density at radius 2 is 2.29 bits per heavy atom. The molecule has 1 saturated heterocycles. The van der Waals surface area contributed by atoms with Gasteiger partial charge in [-0.05, 0) is 28.4 Å². The van der Waals surface area contributed by atoms with Gasteiger partial charge in [0.05, 0.1) is 0 Å². The lowest BCUT2D eigenvalue weighted by atomic mass is 9.81. The molecular weight excluding hydrogens is 302 g/mol. The molecule has 2 heterocycles. The number of amides is 2. The Hall–Kier alpha value is -0.680. The third-order valence-electron chi connectivity index (χ3n) is 3.04. The molecule has 0 saturated carbocycles. The number of hydrogen-bond donors (Lipinski definition) is 1.